The number of halogens is 7. The van der Waals surface area contributed by atoms with E-state index < -0.39 is 56.7 Å². The summed E-state index contributed by atoms with van der Waals surface area (Å²) in [5, 5.41) is 2.96. The van der Waals surface area contributed by atoms with Crippen molar-refractivity contribution in [3.05, 3.63) is 49.6 Å². The Labute approximate surface area is 159 Å². The third-order valence-corrected chi connectivity index (χ3v) is 4.69. The second kappa shape index (κ2) is 6.48. The van der Waals surface area contributed by atoms with Gasteiger partial charge in [0.1, 0.15) is 16.3 Å². The summed E-state index contributed by atoms with van der Waals surface area (Å²) >= 11 is 5.44. The van der Waals surface area contributed by atoms with Crippen molar-refractivity contribution in [1.29, 1.82) is 0 Å². The minimum absolute atomic E-state index is 0.0389. The number of hydrogen-bond acceptors (Lipinski definition) is 5. The molecule has 3 aromatic heterocycles. The lowest BCUT2D eigenvalue weighted by molar-refractivity contribution is -0.144. The van der Waals surface area contributed by atoms with Crippen molar-refractivity contribution in [3.63, 3.8) is 0 Å². The van der Waals surface area contributed by atoms with E-state index >= 15 is 0 Å². The number of fused-ring (bicyclic) bond motifs is 1. The zero-order valence-electron chi connectivity index (χ0n) is 13.1. The zero-order valence-corrected chi connectivity index (χ0v) is 14.7. The van der Waals surface area contributed by atoms with E-state index in [9.17, 15) is 35.9 Å². The van der Waals surface area contributed by atoms with E-state index in [-0.39, 0.29) is 17.0 Å². The smallest absolute Gasteiger partial charge is 0.364 e. The standard InChI is InChI=1S/C13H6ClF6N5O2S/c14-6-2-5(12(15,16)17)24(23-6)3-4-1-7(26)25-8(10(21)27)9(13(18,19)20)28-11(25)22-4/h1-2H,3H2,(H2,21,27). The van der Waals surface area contributed by atoms with Crippen LogP contribution in [0.1, 0.15) is 26.8 Å². The molecule has 0 atom stereocenters. The third-order valence-electron chi connectivity index (χ3n) is 3.42. The minimum atomic E-state index is -4.99. The van der Waals surface area contributed by atoms with Gasteiger partial charge in [0, 0.05) is 12.1 Å². The number of aromatic nitrogens is 4. The number of thiazole rings is 1. The fourth-order valence-corrected chi connectivity index (χ4v) is 3.62. The van der Waals surface area contributed by atoms with Gasteiger partial charge in [-0.3, -0.25) is 14.3 Å². The van der Waals surface area contributed by atoms with Gasteiger partial charge in [0.15, 0.2) is 10.1 Å². The number of carbonyl (C=O) groups excluding carboxylic acids is 1. The first kappa shape index (κ1) is 20.1. The predicted octanol–water partition coefficient (Wildman–Crippen LogP) is 2.79. The van der Waals surface area contributed by atoms with E-state index in [0.717, 1.165) is 0 Å². The zero-order chi connectivity index (χ0) is 21.0. The summed E-state index contributed by atoms with van der Waals surface area (Å²) in [5.74, 6) is -1.51. The predicted molar refractivity (Wildman–Crippen MR) is 84.2 cm³/mol. The number of amides is 1. The maximum Gasteiger partial charge on any atom is 0.433 e. The van der Waals surface area contributed by atoms with Crippen molar-refractivity contribution < 1.29 is 31.1 Å². The van der Waals surface area contributed by atoms with Gasteiger partial charge in [0.25, 0.3) is 11.5 Å². The van der Waals surface area contributed by atoms with Crippen LogP contribution in [0.4, 0.5) is 26.3 Å². The first-order chi connectivity index (χ1) is 12.8. The number of hydrogen-bond donors (Lipinski definition) is 1. The maximum atomic E-state index is 13.1. The van der Waals surface area contributed by atoms with E-state index in [1.807, 2.05) is 0 Å². The van der Waals surface area contributed by atoms with Gasteiger partial charge in [-0.25, -0.2) is 9.38 Å². The Morgan fingerprint density at radius 2 is 1.82 bits per heavy atom. The first-order valence-electron chi connectivity index (χ1n) is 7.02. The largest absolute Gasteiger partial charge is 0.433 e. The number of nitrogens with zero attached hydrogens (tertiary/aromatic N) is 4. The molecule has 0 radical (unpaired) electrons. The second-order valence-corrected chi connectivity index (χ2v) is 6.72. The number of primary amides is 1. The fourth-order valence-electron chi connectivity index (χ4n) is 2.40. The van der Waals surface area contributed by atoms with Gasteiger partial charge in [-0.15, -0.1) is 0 Å². The van der Waals surface area contributed by atoms with Crippen molar-refractivity contribution in [2.75, 3.05) is 0 Å². The topological polar surface area (TPSA) is 95.3 Å². The van der Waals surface area contributed by atoms with Crippen LogP contribution >= 0.6 is 22.9 Å². The summed E-state index contributed by atoms with van der Waals surface area (Å²) in [4.78, 5) is 25.4. The van der Waals surface area contributed by atoms with Crippen LogP contribution in [0.5, 0.6) is 0 Å². The Morgan fingerprint density at radius 3 is 2.36 bits per heavy atom. The minimum Gasteiger partial charge on any atom is -0.364 e. The fraction of sp³-hybridized carbons (Fsp3) is 0.231. The molecule has 0 aliphatic carbocycles. The van der Waals surface area contributed by atoms with Crippen LogP contribution in [0.25, 0.3) is 4.96 Å². The Kier molecular flexibility index (Phi) is 4.66. The van der Waals surface area contributed by atoms with Gasteiger partial charge < -0.3 is 5.73 Å². The third kappa shape index (κ3) is 3.56. The molecule has 0 aliphatic heterocycles. The number of carbonyl (C=O) groups is 1. The molecular weight excluding hydrogens is 440 g/mol. The van der Waals surface area contributed by atoms with Gasteiger partial charge in [-0.05, 0) is 0 Å². The van der Waals surface area contributed by atoms with Crippen LogP contribution in [-0.4, -0.2) is 25.1 Å². The molecule has 3 rings (SSSR count). The van der Waals surface area contributed by atoms with Crippen LogP contribution in [0.15, 0.2) is 16.9 Å². The molecule has 0 saturated heterocycles. The summed E-state index contributed by atoms with van der Waals surface area (Å²) in [6.07, 6.45) is -9.81. The molecule has 15 heteroatoms. The maximum absolute atomic E-state index is 13.1. The number of rotatable bonds is 3. The molecule has 0 spiro atoms. The SMILES string of the molecule is NC(=O)c1c(C(F)(F)F)sc2nc(Cn3nc(Cl)cc3C(F)(F)F)cc(=O)n12. The van der Waals surface area contributed by atoms with Crippen LogP contribution in [0, 0.1) is 0 Å². The molecule has 3 heterocycles. The molecule has 1 amide bonds. The lowest BCUT2D eigenvalue weighted by atomic mass is 10.3. The average molecular weight is 446 g/mol. The highest BCUT2D eigenvalue weighted by molar-refractivity contribution is 7.17. The number of alkyl halides is 6. The Bertz CT molecular complexity index is 1150. The van der Waals surface area contributed by atoms with Gasteiger partial charge >= 0.3 is 12.4 Å². The van der Waals surface area contributed by atoms with Crippen LogP contribution < -0.4 is 11.3 Å². The highest BCUT2D eigenvalue weighted by atomic mass is 35.5. The van der Waals surface area contributed by atoms with Crippen LogP contribution in [0.2, 0.25) is 5.15 Å². The van der Waals surface area contributed by atoms with Gasteiger partial charge in [-0.1, -0.05) is 22.9 Å². The lowest BCUT2D eigenvalue weighted by Crippen LogP contribution is -2.25. The van der Waals surface area contributed by atoms with Gasteiger partial charge in [0.2, 0.25) is 0 Å². The molecule has 0 aliphatic rings. The molecule has 3 aromatic rings. The molecule has 0 fully saturated rings. The molecule has 28 heavy (non-hydrogen) atoms. The van der Waals surface area contributed by atoms with Crippen LogP contribution in [0.3, 0.4) is 0 Å². The van der Waals surface area contributed by atoms with Crippen molar-refractivity contribution >= 4 is 33.8 Å². The van der Waals surface area contributed by atoms with E-state index in [2.05, 4.69) is 10.1 Å². The quantitative estimate of drug-likeness (QED) is 0.627. The van der Waals surface area contributed by atoms with Crippen molar-refractivity contribution in [2.24, 2.45) is 5.73 Å². The van der Waals surface area contributed by atoms with Crippen molar-refractivity contribution in [1.82, 2.24) is 19.2 Å². The lowest BCUT2D eigenvalue weighted by Gasteiger charge is -2.09. The normalized spacial score (nSPS) is 12.7. The molecule has 0 unspecified atom stereocenters. The Hall–Kier alpha value is -2.61. The Morgan fingerprint density at radius 1 is 1.18 bits per heavy atom. The van der Waals surface area contributed by atoms with E-state index in [1.54, 1.807) is 0 Å². The van der Waals surface area contributed by atoms with Gasteiger partial charge in [-0.2, -0.15) is 31.4 Å². The molecule has 0 bridgehead atoms. The Balaban J connectivity index is 2.17. The van der Waals surface area contributed by atoms with Crippen molar-refractivity contribution in [3.8, 4) is 0 Å². The summed E-state index contributed by atoms with van der Waals surface area (Å²) in [6.45, 7) is -0.696. The van der Waals surface area contributed by atoms with Crippen LogP contribution in [-0.2, 0) is 18.9 Å². The number of nitrogens with two attached hydrogens (primary N) is 1. The molecule has 150 valence electrons. The van der Waals surface area contributed by atoms with Gasteiger partial charge in [0.05, 0.1) is 12.2 Å². The molecular formula is C13H6ClF6N5O2S. The molecule has 0 aromatic carbocycles. The second-order valence-electron chi connectivity index (χ2n) is 5.35. The highest BCUT2D eigenvalue weighted by Crippen LogP contribution is 2.37. The summed E-state index contributed by atoms with van der Waals surface area (Å²) in [6, 6.07) is 1.23. The van der Waals surface area contributed by atoms with Crippen molar-refractivity contribution in [2.45, 2.75) is 18.9 Å². The van der Waals surface area contributed by atoms with E-state index in [0.29, 0.717) is 21.2 Å². The summed E-state index contributed by atoms with van der Waals surface area (Å²) < 4.78 is 79.1. The monoisotopic (exact) mass is 445 g/mol. The molecule has 0 saturated carbocycles. The van der Waals surface area contributed by atoms with E-state index in [1.165, 1.54) is 0 Å². The van der Waals surface area contributed by atoms with E-state index in [4.69, 9.17) is 17.3 Å². The average Bonchev–Trinajstić information content (AvgIpc) is 3.07. The highest BCUT2D eigenvalue weighted by Gasteiger charge is 2.40. The summed E-state index contributed by atoms with van der Waals surface area (Å²) in [7, 11) is 0. The molecule has 2 N–H and O–H groups in total. The first-order valence-corrected chi connectivity index (χ1v) is 8.21. The summed E-state index contributed by atoms with van der Waals surface area (Å²) in [5.41, 5.74) is 1.17. The molecule has 7 nitrogen and oxygen atoms in total.